The standard InChI is InChI=1S/C48H40N2/c1-37-13-29-45(30-14-37)50(46-31-15-38(2)16-32-46)48-35-27-42(28-36-48)24-22-40-19-17-39(18-20-40)21-23-41-25-33-47(34-26-41)49(43-9-5-3-6-10-43)44-11-7-4-8-12-44/h3-36H,1-2H3/b23-21+,24-22+. The summed E-state index contributed by atoms with van der Waals surface area (Å²) in [6, 6.07) is 64.5. The minimum atomic E-state index is 1.13. The van der Waals surface area contributed by atoms with E-state index in [0.29, 0.717) is 0 Å². The van der Waals surface area contributed by atoms with Crippen molar-refractivity contribution in [1.29, 1.82) is 0 Å². The summed E-state index contributed by atoms with van der Waals surface area (Å²) >= 11 is 0. The number of nitrogens with zero attached hydrogens (tertiary/aromatic N) is 2. The monoisotopic (exact) mass is 644 g/mol. The van der Waals surface area contributed by atoms with Crippen molar-refractivity contribution in [3.8, 4) is 0 Å². The summed E-state index contributed by atoms with van der Waals surface area (Å²) in [5.74, 6) is 0. The maximum Gasteiger partial charge on any atom is 0.0462 e. The Morgan fingerprint density at radius 1 is 0.260 bits per heavy atom. The predicted octanol–water partition coefficient (Wildman–Crippen LogP) is 13.6. The molecule has 0 aliphatic rings. The molecule has 0 saturated carbocycles. The average molecular weight is 645 g/mol. The molecule has 50 heavy (non-hydrogen) atoms. The molecule has 0 aromatic heterocycles. The molecule has 0 fully saturated rings. The molecule has 0 heterocycles. The predicted molar refractivity (Wildman–Crippen MR) is 216 cm³/mol. The molecule has 0 amide bonds. The minimum Gasteiger partial charge on any atom is -0.311 e. The van der Waals surface area contributed by atoms with Gasteiger partial charge in [-0.25, -0.2) is 0 Å². The lowest BCUT2D eigenvalue weighted by Crippen LogP contribution is -2.09. The van der Waals surface area contributed by atoms with Gasteiger partial charge < -0.3 is 9.80 Å². The molecule has 242 valence electrons. The lowest BCUT2D eigenvalue weighted by molar-refractivity contribution is 1.27. The molecule has 7 rings (SSSR count). The second kappa shape index (κ2) is 15.2. The summed E-state index contributed by atoms with van der Waals surface area (Å²) in [6.07, 6.45) is 8.68. The molecule has 7 aromatic carbocycles. The maximum absolute atomic E-state index is 2.30. The van der Waals surface area contributed by atoms with Crippen molar-refractivity contribution in [2.24, 2.45) is 0 Å². The molecule has 7 aromatic rings. The fourth-order valence-corrected chi connectivity index (χ4v) is 6.01. The number of hydrogen-bond donors (Lipinski definition) is 0. The van der Waals surface area contributed by atoms with Crippen LogP contribution in [0.5, 0.6) is 0 Å². The first kappa shape index (κ1) is 32.2. The van der Waals surface area contributed by atoms with Crippen LogP contribution < -0.4 is 9.80 Å². The first-order chi connectivity index (χ1) is 24.6. The third kappa shape index (κ3) is 7.84. The highest BCUT2D eigenvalue weighted by atomic mass is 15.1. The lowest BCUT2D eigenvalue weighted by Gasteiger charge is -2.25. The Morgan fingerprint density at radius 2 is 0.480 bits per heavy atom. The summed E-state index contributed by atoms with van der Waals surface area (Å²) in [7, 11) is 0. The van der Waals surface area contributed by atoms with Crippen molar-refractivity contribution in [2.45, 2.75) is 13.8 Å². The van der Waals surface area contributed by atoms with Gasteiger partial charge in [-0.1, -0.05) is 145 Å². The van der Waals surface area contributed by atoms with Gasteiger partial charge in [0.15, 0.2) is 0 Å². The largest absolute Gasteiger partial charge is 0.311 e. The fraction of sp³-hybridized carbons (Fsp3) is 0.0417. The van der Waals surface area contributed by atoms with Crippen LogP contribution in [-0.4, -0.2) is 0 Å². The van der Waals surface area contributed by atoms with Crippen LogP contribution in [0.3, 0.4) is 0 Å². The molecule has 2 nitrogen and oxygen atoms in total. The first-order valence-electron chi connectivity index (χ1n) is 17.1. The highest BCUT2D eigenvalue weighted by Crippen LogP contribution is 2.36. The summed E-state index contributed by atoms with van der Waals surface area (Å²) in [4.78, 5) is 4.58. The highest BCUT2D eigenvalue weighted by Gasteiger charge is 2.13. The van der Waals surface area contributed by atoms with E-state index >= 15 is 0 Å². The summed E-state index contributed by atoms with van der Waals surface area (Å²) in [6.45, 7) is 4.25. The van der Waals surface area contributed by atoms with E-state index in [2.05, 4.69) is 230 Å². The maximum atomic E-state index is 2.30. The van der Waals surface area contributed by atoms with Crippen LogP contribution in [0.4, 0.5) is 34.1 Å². The smallest absolute Gasteiger partial charge is 0.0462 e. The van der Waals surface area contributed by atoms with Gasteiger partial charge in [0.1, 0.15) is 0 Å². The van der Waals surface area contributed by atoms with Crippen LogP contribution in [0.25, 0.3) is 24.3 Å². The third-order valence-corrected chi connectivity index (χ3v) is 8.79. The van der Waals surface area contributed by atoms with E-state index in [1.807, 2.05) is 0 Å². The van der Waals surface area contributed by atoms with E-state index in [-0.39, 0.29) is 0 Å². The second-order valence-corrected chi connectivity index (χ2v) is 12.5. The molecule has 0 spiro atoms. The Morgan fingerprint density at radius 3 is 0.760 bits per heavy atom. The number of hydrogen-bond acceptors (Lipinski definition) is 2. The second-order valence-electron chi connectivity index (χ2n) is 12.5. The molecule has 0 unspecified atom stereocenters. The van der Waals surface area contributed by atoms with Crippen molar-refractivity contribution in [3.05, 3.63) is 215 Å². The normalized spacial score (nSPS) is 11.2. The Kier molecular flexibility index (Phi) is 9.80. The van der Waals surface area contributed by atoms with Gasteiger partial charge in [-0.05, 0) is 109 Å². The summed E-state index contributed by atoms with van der Waals surface area (Å²) in [5.41, 5.74) is 14.0. The molecule has 0 bridgehead atoms. The van der Waals surface area contributed by atoms with Crippen molar-refractivity contribution < 1.29 is 0 Å². The molecule has 2 heteroatoms. The van der Waals surface area contributed by atoms with E-state index < -0.39 is 0 Å². The molecular formula is C48H40N2. The molecule has 0 atom stereocenters. The Balaban J connectivity index is 1.02. The van der Waals surface area contributed by atoms with Gasteiger partial charge >= 0.3 is 0 Å². The zero-order valence-electron chi connectivity index (χ0n) is 28.5. The molecule has 0 N–H and O–H groups in total. The quantitative estimate of drug-likeness (QED) is 0.137. The number of benzene rings is 7. The van der Waals surface area contributed by atoms with E-state index in [0.717, 1.165) is 50.8 Å². The Hall–Kier alpha value is -6.38. The Bertz CT molecular complexity index is 2080. The molecule has 0 saturated heterocycles. The summed E-state index contributed by atoms with van der Waals surface area (Å²) < 4.78 is 0. The molecular weight excluding hydrogens is 605 g/mol. The van der Waals surface area contributed by atoms with Crippen molar-refractivity contribution in [3.63, 3.8) is 0 Å². The van der Waals surface area contributed by atoms with Crippen LogP contribution >= 0.6 is 0 Å². The molecule has 0 radical (unpaired) electrons. The van der Waals surface area contributed by atoms with Crippen LogP contribution in [0.2, 0.25) is 0 Å². The topological polar surface area (TPSA) is 6.48 Å². The van der Waals surface area contributed by atoms with Gasteiger partial charge in [0.25, 0.3) is 0 Å². The van der Waals surface area contributed by atoms with Gasteiger partial charge in [-0.15, -0.1) is 0 Å². The van der Waals surface area contributed by atoms with Crippen molar-refractivity contribution in [2.75, 3.05) is 9.80 Å². The first-order valence-corrected chi connectivity index (χ1v) is 17.1. The van der Waals surface area contributed by atoms with Gasteiger partial charge in [0, 0.05) is 34.1 Å². The SMILES string of the molecule is Cc1ccc(N(c2ccc(C)cc2)c2ccc(/C=C/c3ccc(/C=C/c4ccc(N(c5ccccc5)c5ccccc5)cc4)cc3)cc2)cc1. The van der Waals surface area contributed by atoms with E-state index in [4.69, 9.17) is 0 Å². The van der Waals surface area contributed by atoms with Crippen LogP contribution in [0.1, 0.15) is 33.4 Å². The minimum absolute atomic E-state index is 1.13. The lowest BCUT2D eigenvalue weighted by atomic mass is 10.1. The number of para-hydroxylation sites is 2. The van der Waals surface area contributed by atoms with Gasteiger partial charge in [0.2, 0.25) is 0 Å². The van der Waals surface area contributed by atoms with Gasteiger partial charge in [0.05, 0.1) is 0 Å². The number of aryl methyl sites for hydroxylation is 2. The number of anilines is 6. The van der Waals surface area contributed by atoms with Crippen LogP contribution in [0, 0.1) is 13.8 Å². The highest BCUT2D eigenvalue weighted by molar-refractivity contribution is 5.80. The zero-order chi connectivity index (χ0) is 34.1. The third-order valence-electron chi connectivity index (χ3n) is 8.79. The van der Waals surface area contributed by atoms with Crippen LogP contribution in [-0.2, 0) is 0 Å². The van der Waals surface area contributed by atoms with Crippen molar-refractivity contribution in [1.82, 2.24) is 0 Å². The van der Waals surface area contributed by atoms with Gasteiger partial charge in [-0.3, -0.25) is 0 Å². The van der Waals surface area contributed by atoms with E-state index in [9.17, 15) is 0 Å². The van der Waals surface area contributed by atoms with E-state index in [1.165, 1.54) is 16.7 Å². The molecule has 0 aliphatic heterocycles. The average Bonchev–Trinajstić information content (AvgIpc) is 3.17. The summed E-state index contributed by atoms with van der Waals surface area (Å²) in [5, 5.41) is 0. The zero-order valence-corrected chi connectivity index (χ0v) is 28.5. The number of rotatable bonds is 10. The molecule has 0 aliphatic carbocycles. The van der Waals surface area contributed by atoms with E-state index in [1.54, 1.807) is 0 Å². The van der Waals surface area contributed by atoms with Crippen molar-refractivity contribution >= 4 is 58.4 Å². The Labute approximate surface area is 296 Å². The van der Waals surface area contributed by atoms with Crippen LogP contribution in [0.15, 0.2) is 182 Å². The fourth-order valence-electron chi connectivity index (χ4n) is 6.01. The van der Waals surface area contributed by atoms with Gasteiger partial charge in [-0.2, -0.15) is 0 Å².